The average Bonchev–Trinajstić information content (AvgIpc) is 2.97. The molecule has 0 spiro atoms. The van der Waals surface area contributed by atoms with Crippen molar-refractivity contribution in [3.63, 3.8) is 0 Å². The van der Waals surface area contributed by atoms with Crippen LogP contribution in [0.5, 0.6) is 0 Å². The summed E-state index contributed by atoms with van der Waals surface area (Å²) >= 11 is 0. The minimum atomic E-state index is -0.253. The van der Waals surface area contributed by atoms with Gasteiger partial charge < -0.3 is 5.73 Å². The summed E-state index contributed by atoms with van der Waals surface area (Å²) in [5, 5.41) is 7.30. The monoisotopic (exact) mass is 302 g/mol. The molecule has 0 unspecified atom stereocenters. The number of rotatable bonds is 4. The van der Waals surface area contributed by atoms with Crippen molar-refractivity contribution >= 4 is 5.91 Å². The minimum absolute atomic E-state index is 0.00722. The zero-order chi connectivity index (χ0) is 15.5. The molecule has 3 N–H and O–H groups in total. The van der Waals surface area contributed by atoms with Crippen LogP contribution in [0, 0.1) is 11.7 Å². The van der Waals surface area contributed by atoms with Crippen molar-refractivity contribution in [2.75, 3.05) is 13.1 Å². The maximum atomic E-state index is 12.9. The minimum Gasteiger partial charge on any atom is -0.369 e. The number of aromatic amines is 1. The van der Waals surface area contributed by atoms with Crippen LogP contribution in [0.3, 0.4) is 0 Å². The molecule has 1 aromatic heterocycles. The van der Waals surface area contributed by atoms with Crippen LogP contribution in [0.2, 0.25) is 0 Å². The third-order valence-electron chi connectivity index (χ3n) is 4.15. The van der Waals surface area contributed by atoms with Crippen molar-refractivity contribution in [3.8, 4) is 11.3 Å². The largest absolute Gasteiger partial charge is 0.369 e. The maximum Gasteiger partial charge on any atom is 0.220 e. The Morgan fingerprint density at radius 2 is 2.00 bits per heavy atom. The van der Waals surface area contributed by atoms with Crippen LogP contribution in [0.25, 0.3) is 11.3 Å². The van der Waals surface area contributed by atoms with Gasteiger partial charge in [0.1, 0.15) is 5.82 Å². The molecule has 0 bridgehead atoms. The topological polar surface area (TPSA) is 75.0 Å². The number of halogens is 1. The summed E-state index contributed by atoms with van der Waals surface area (Å²) in [4.78, 5) is 13.4. The molecule has 1 fully saturated rings. The molecule has 1 aromatic carbocycles. The van der Waals surface area contributed by atoms with Gasteiger partial charge in [-0.05, 0) is 56.3 Å². The van der Waals surface area contributed by atoms with E-state index in [0.717, 1.165) is 49.4 Å². The smallest absolute Gasteiger partial charge is 0.220 e. The predicted octanol–water partition coefficient (Wildman–Crippen LogP) is 1.91. The number of hydrogen-bond donors (Lipinski definition) is 2. The van der Waals surface area contributed by atoms with Gasteiger partial charge in [0.05, 0.1) is 5.69 Å². The zero-order valence-electron chi connectivity index (χ0n) is 12.3. The lowest BCUT2D eigenvalue weighted by Crippen LogP contribution is -2.38. The van der Waals surface area contributed by atoms with Gasteiger partial charge >= 0.3 is 0 Å². The van der Waals surface area contributed by atoms with Crippen LogP contribution in [-0.2, 0) is 11.3 Å². The molecule has 1 amide bonds. The molecule has 1 aliphatic heterocycles. The number of nitrogens with one attached hydrogen (secondary N) is 1. The molecule has 6 heteroatoms. The van der Waals surface area contributed by atoms with E-state index in [0.29, 0.717) is 0 Å². The molecule has 0 saturated carbocycles. The molecule has 1 saturated heterocycles. The Balaban J connectivity index is 1.60. The summed E-state index contributed by atoms with van der Waals surface area (Å²) in [6.07, 6.45) is 1.63. The highest BCUT2D eigenvalue weighted by molar-refractivity contribution is 5.76. The van der Waals surface area contributed by atoms with Crippen LogP contribution >= 0.6 is 0 Å². The molecule has 0 radical (unpaired) electrons. The lowest BCUT2D eigenvalue weighted by molar-refractivity contribution is -0.123. The van der Waals surface area contributed by atoms with E-state index in [9.17, 15) is 9.18 Å². The molecular formula is C16H19FN4O. The number of nitrogens with zero attached hydrogens (tertiary/aromatic N) is 2. The third kappa shape index (κ3) is 3.33. The highest BCUT2D eigenvalue weighted by Crippen LogP contribution is 2.21. The van der Waals surface area contributed by atoms with E-state index in [4.69, 9.17) is 5.73 Å². The zero-order valence-corrected chi connectivity index (χ0v) is 12.3. The third-order valence-corrected chi connectivity index (χ3v) is 4.15. The summed E-state index contributed by atoms with van der Waals surface area (Å²) < 4.78 is 12.9. The molecule has 116 valence electrons. The molecule has 2 heterocycles. The van der Waals surface area contributed by atoms with Crippen molar-refractivity contribution < 1.29 is 9.18 Å². The van der Waals surface area contributed by atoms with E-state index in [2.05, 4.69) is 15.1 Å². The number of primary amides is 1. The van der Waals surface area contributed by atoms with Gasteiger partial charge in [-0.2, -0.15) is 5.10 Å². The normalized spacial score (nSPS) is 16.8. The van der Waals surface area contributed by atoms with Crippen molar-refractivity contribution in [2.45, 2.75) is 19.4 Å². The number of piperidine rings is 1. The van der Waals surface area contributed by atoms with Crippen LogP contribution in [-0.4, -0.2) is 34.1 Å². The molecular weight excluding hydrogens is 283 g/mol. The maximum absolute atomic E-state index is 12.9. The van der Waals surface area contributed by atoms with Gasteiger partial charge in [0.25, 0.3) is 0 Å². The molecule has 2 aromatic rings. The Hall–Kier alpha value is -2.21. The number of carbonyl (C=O) groups excluding carboxylic acids is 1. The van der Waals surface area contributed by atoms with Crippen LogP contribution in [0.15, 0.2) is 30.3 Å². The van der Waals surface area contributed by atoms with Gasteiger partial charge in [-0.1, -0.05) is 0 Å². The Labute approximate surface area is 128 Å². The summed E-state index contributed by atoms with van der Waals surface area (Å²) in [7, 11) is 0. The first-order chi connectivity index (χ1) is 10.6. The van der Waals surface area contributed by atoms with Crippen molar-refractivity contribution in [3.05, 3.63) is 41.8 Å². The van der Waals surface area contributed by atoms with Crippen molar-refractivity contribution in [1.82, 2.24) is 15.1 Å². The Morgan fingerprint density at radius 1 is 1.32 bits per heavy atom. The van der Waals surface area contributed by atoms with Gasteiger partial charge in [0, 0.05) is 23.7 Å². The number of benzene rings is 1. The van der Waals surface area contributed by atoms with E-state index >= 15 is 0 Å². The fraction of sp³-hybridized carbons (Fsp3) is 0.375. The van der Waals surface area contributed by atoms with Crippen molar-refractivity contribution in [1.29, 1.82) is 0 Å². The second kappa shape index (κ2) is 6.27. The van der Waals surface area contributed by atoms with Gasteiger partial charge in [-0.25, -0.2) is 4.39 Å². The summed E-state index contributed by atoms with van der Waals surface area (Å²) in [5.41, 5.74) is 8.05. The predicted molar refractivity (Wildman–Crippen MR) is 81.2 cm³/mol. The fourth-order valence-corrected chi connectivity index (χ4v) is 2.83. The van der Waals surface area contributed by atoms with Gasteiger partial charge in [0.15, 0.2) is 0 Å². The molecule has 5 nitrogen and oxygen atoms in total. The second-order valence-corrected chi connectivity index (χ2v) is 5.74. The summed E-state index contributed by atoms with van der Waals surface area (Å²) in [6, 6.07) is 8.27. The molecule has 1 aliphatic rings. The number of likely N-dealkylation sites (tertiary alicyclic amines) is 1. The Morgan fingerprint density at radius 3 is 2.64 bits per heavy atom. The van der Waals surface area contributed by atoms with Gasteiger partial charge in [-0.3, -0.25) is 14.8 Å². The fourth-order valence-electron chi connectivity index (χ4n) is 2.83. The first-order valence-corrected chi connectivity index (χ1v) is 7.44. The van der Waals surface area contributed by atoms with E-state index in [1.165, 1.54) is 12.1 Å². The van der Waals surface area contributed by atoms with E-state index in [1.54, 1.807) is 12.1 Å². The summed E-state index contributed by atoms with van der Waals surface area (Å²) in [5.74, 6) is -0.440. The molecule has 0 aliphatic carbocycles. The number of amides is 1. The number of hydrogen-bond acceptors (Lipinski definition) is 3. The van der Waals surface area contributed by atoms with Crippen LogP contribution in [0.1, 0.15) is 18.5 Å². The number of aromatic nitrogens is 2. The first-order valence-electron chi connectivity index (χ1n) is 7.44. The lowest BCUT2D eigenvalue weighted by Gasteiger charge is -2.29. The Bertz CT molecular complexity index is 644. The van der Waals surface area contributed by atoms with Gasteiger partial charge in [0.2, 0.25) is 5.91 Å². The number of H-pyrrole nitrogens is 1. The van der Waals surface area contributed by atoms with E-state index in [1.807, 2.05) is 6.07 Å². The summed E-state index contributed by atoms with van der Waals surface area (Å²) in [6.45, 7) is 2.48. The average molecular weight is 302 g/mol. The number of nitrogens with two attached hydrogens (primary N) is 1. The standard InChI is InChI=1S/C16H19FN4O/c17-13-3-1-11(2-4-13)15-9-14(19-20-15)10-21-7-5-12(6-8-21)16(18)22/h1-4,9,12H,5-8,10H2,(H2,18,22)(H,19,20). The first kappa shape index (κ1) is 14.7. The lowest BCUT2D eigenvalue weighted by atomic mass is 9.96. The molecule has 3 rings (SSSR count). The molecule has 0 atom stereocenters. The van der Waals surface area contributed by atoms with Crippen LogP contribution in [0.4, 0.5) is 4.39 Å². The SMILES string of the molecule is NC(=O)C1CCN(Cc2cc(-c3ccc(F)cc3)n[nH]2)CC1. The highest BCUT2D eigenvalue weighted by atomic mass is 19.1. The van der Waals surface area contributed by atoms with Crippen LogP contribution < -0.4 is 5.73 Å². The van der Waals surface area contributed by atoms with Gasteiger partial charge in [-0.15, -0.1) is 0 Å². The van der Waals surface area contributed by atoms with E-state index in [-0.39, 0.29) is 17.6 Å². The highest BCUT2D eigenvalue weighted by Gasteiger charge is 2.23. The second-order valence-electron chi connectivity index (χ2n) is 5.74. The van der Waals surface area contributed by atoms with Crippen molar-refractivity contribution in [2.24, 2.45) is 11.7 Å². The quantitative estimate of drug-likeness (QED) is 0.906. The molecule has 22 heavy (non-hydrogen) atoms. The Kier molecular flexibility index (Phi) is 4.20. The van der Waals surface area contributed by atoms with E-state index < -0.39 is 0 Å². The number of carbonyl (C=O) groups is 1.